The van der Waals surface area contributed by atoms with Crippen molar-refractivity contribution >= 4 is 60.5 Å². The molecule has 11 aromatic rings. The van der Waals surface area contributed by atoms with Gasteiger partial charge in [-0.1, -0.05) is 164 Å². The van der Waals surface area contributed by atoms with E-state index >= 15 is 0 Å². The summed E-state index contributed by atoms with van der Waals surface area (Å²) in [6.45, 7) is 0. The van der Waals surface area contributed by atoms with Crippen LogP contribution in [0, 0.1) is 0 Å². The van der Waals surface area contributed by atoms with Crippen LogP contribution in [-0.4, -0.2) is 0 Å². The van der Waals surface area contributed by atoms with Crippen LogP contribution >= 0.6 is 0 Å². The zero-order chi connectivity index (χ0) is 38.4. The normalized spacial score (nSPS) is 11.4. The summed E-state index contributed by atoms with van der Waals surface area (Å²) >= 11 is 0. The van der Waals surface area contributed by atoms with Gasteiger partial charge in [-0.2, -0.15) is 0 Å². The minimum atomic E-state index is 0.897. The van der Waals surface area contributed by atoms with Crippen molar-refractivity contribution in [3.63, 3.8) is 0 Å². The average Bonchev–Trinajstić information content (AvgIpc) is 3.67. The van der Waals surface area contributed by atoms with Gasteiger partial charge in [-0.3, -0.25) is 0 Å². The molecule has 0 atom stereocenters. The third kappa shape index (κ3) is 6.00. The number of hydrogen-bond donors (Lipinski definition) is 0. The Morgan fingerprint density at radius 3 is 1.50 bits per heavy atom. The lowest BCUT2D eigenvalue weighted by Gasteiger charge is -2.26. The highest BCUT2D eigenvalue weighted by molar-refractivity contribution is 6.09. The fourth-order valence-corrected chi connectivity index (χ4v) is 8.55. The summed E-state index contributed by atoms with van der Waals surface area (Å²) in [6, 6.07) is 80.7. The van der Waals surface area contributed by atoms with Crippen molar-refractivity contribution in [2.24, 2.45) is 0 Å². The second kappa shape index (κ2) is 14.1. The van der Waals surface area contributed by atoms with Crippen molar-refractivity contribution in [3.05, 3.63) is 224 Å². The molecule has 0 saturated carbocycles. The van der Waals surface area contributed by atoms with Crippen LogP contribution in [0.25, 0.3) is 88.0 Å². The summed E-state index contributed by atoms with van der Waals surface area (Å²) in [5.74, 6) is 0. The predicted molar refractivity (Wildman–Crippen MR) is 245 cm³/mol. The summed E-state index contributed by atoms with van der Waals surface area (Å²) in [7, 11) is 0. The Morgan fingerprint density at radius 1 is 0.276 bits per heavy atom. The van der Waals surface area contributed by atoms with Crippen molar-refractivity contribution < 1.29 is 4.42 Å². The largest absolute Gasteiger partial charge is 0.456 e. The maximum Gasteiger partial charge on any atom is 0.136 e. The predicted octanol–water partition coefficient (Wildman–Crippen LogP) is 16.0. The van der Waals surface area contributed by atoms with Gasteiger partial charge in [-0.25, -0.2) is 0 Å². The highest BCUT2D eigenvalue weighted by Gasteiger charge is 2.17. The van der Waals surface area contributed by atoms with Gasteiger partial charge in [0.05, 0.1) is 0 Å². The first-order valence-corrected chi connectivity index (χ1v) is 19.8. The molecule has 2 nitrogen and oxygen atoms in total. The van der Waals surface area contributed by atoms with Crippen molar-refractivity contribution in [1.29, 1.82) is 0 Å². The van der Waals surface area contributed by atoms with Crippen molar-refractivity contribution in [1.82, 2.24) is 0 Å². The molecule has 58 heavy (non-hydrogen) atoms. The summed E-state index contributed by atoms with van der Waals surface area (Å²) in [4.78, 5) is 2.35. The SMILES string of the molecule is c1ccc(-c2ccc(N(c3ccc(-c4ccc5ccccc5c4)cc3)c3ccc(-c4ccc5ccccc5c4-c4ccc5c(c4)oc4ccccc45)cc3)cc2)cc1. The molecular formula is C56H37NO. The van der Waals surface area contributed by atoms with E-state index in [-0.39, 0.29) is 0 Å². The molecule has 0 saturated heterocycles. The fraction of sp³-hybridized carbons (Fsp3) is 0. The molecule has 11 rings (SSSR count). The second-order valence-electron chi connectivity index (χ2n) is 14.9. The van der Waals surface area contributed by atoms with Gasteiger partial charge < -0.3 is 9.32 Å². The number of benzene rings is 10. The highest BCUT2D eigenvalue weighted by atomic mass is 16.3. The first-order valence-electron chi connectivity index (χ1n) is 19.8. The Hall–Kier alpha value is -7.68. The Bertz CT molecular complexity index is 3250. The molecule has 0 aliphatic rings. The first-order chi connectivity index (χ1) is 28.7. The molecule has 1 heterocycles. The van der Waals surface area contributed by atoms with E-state index in [1.54, 1.807) is 0 Å². The lowest BCUT2D eigenvalue weighted by molar-refractivity contribution is 0.669. The topological polar surface area (TPSA) is 16.4 Å². The standard InChI is InChI=1S/C56H37NO/c1-2-10-38(11-3-1)40-20-28-47(29-21-40)57(48-30-22-41(23-31-48)45-19-18-39-12-4-5-14-44(39)36-45)49-32-24-43(25-33-49)51-34-26-42-13-6-7-15-50(42)56(51)46-27-35-53-52-16-8-9-17-54(52)58-55(53)37-46/h1-37H. The molecule has 0 unspecified atom stereocenters. The minimum absolute atomic E-state index is 0.897. The molecule has 0 N–H and O–H groups in total. The highest BCUT2D eigenvalue weighted by Crippen LogP contribution is 2.43. The molecule has 272 valence electrons. The monoisotopic (exact) mass is 739 g/mol. The maximum absolute atomic E-state index is 6.37. The first kappa shape index (κ1) is 33.6. The molecule has 0 fully saturated rings. The maximum atomic E-state index is 6.37. The van der Waals surface area contributed by atoms with Crippen LogP contribution < -0.4 is 4.90 Å². The van der Waals surface area contributed by atoms with Crippen LogP contribution in [0.1, 0.15) is 0 Å². The van der Waals surface area contributed by atoms with Gasteiger partial charge in [-0.05, 0) is 127 Å². The molecule has 10 aromatic carbocycles. The molecule has 0 spiro atoms. The quantitative estimate of drug-likeness (QED) is 0.162. The summed E-state index contributed by atoms with van der Waals surface area (Å²) in [5, 5.41) is 7.19. The molecule has 0 bridgehead atoms. The molecule has 0 aliphatic heterocycles. The number of furan rings is 1. The zero-order valence-corrected chi connectivity index (χ0v) is 31.7. The number of nitrogens with zero attached hydrogens (tertiary/aromatic N) is 1. The fourth-order valence-electron chi connectivity index (χ4n) is 8.55. The molecule has 0 aliphatic carbocycles. The van der Waals surface area contributed by atoms with E-state index in [1.165, 1.54) is 54.9 Å². The minimum Gasteiger partial charge on any atom is -0.456 e. The number of para-hydroxylation sites is 1. The number of hydrogen-bond acceptors (Lipinski definition) is 2. The van der Waals surface area contributed by atoms with Crippen LogP contribution in [0.5, 0.6) is 0 Å². The average molecular weight is 740 g/mol. The summed E-state index contributed by atoms with van der Waals surface area (Å²) in [5.41, 5.74) is 14.5. The third-order valence-electron chi connectivity index (χ3n) is 11.5. The van der Waals surface area contributed by atoms with Crippen LogP contribution in [-0.2, 0) is 0 Å². The van der Waals surface area contributed by atoms with Gasteiger partial charge >= 0.3 is 0 Å². The van der Waals surface area contributed by atoms with Gasteiger partial charge in [0.15, 0.2) is 0 Å². The smallest absolute Gasteiger partial charge is 0.136 e. The zero-order valence-electron chi connectivity index (χ0n) is 31.7. The lowest BCUT2D eigenvalue weighted by atomic mass is 9.89. The van der Waals surface area contributed by atoms with E-state index in [1.807, 2.05) is 12.1 Å². The van der Waals surface area contributed by atoms with E-state index in [0.717, 1.165) is 50.1 Å². The molecular weight excluding hydrogens is 703 g/mol. The summed E-state index contributed by atoms with van der Waals surface area (Å²) in [6.07, 6.45) is 0. The third-order valence-corrected chi connectivity index (χ3v) is 11.5. The summed E-state index contributed by atoms with van der Waals surface area (Å²) < 4.78 is 6.37. The van der Waals surface area contributed by atoms with E-state index in [9.17, 15) is 0 Å². The second-order valence-corrected chi connectivity index (χ2v) is 14.9. The van der Waals surface area contributed by atoms with Crippen LogP contribution in [0.4, 0.5) is 17.1 Å². The van der Waals surface area contributed by atoms with E-state index in [4.69, 9.17) is 4.42 Å². The van der Waals surface area contributed by atoms with Gasteiger partial charge in [0.25, 0.3) is 0 Å². The van der Waals surface area contributed by atoms with E-state index in [0.29, 0.717) is 0 Å². The molecule has 0 amide bonds. The van der Waals surface area contributed by atoms with Gasteiger partial charge in [0.1, 0.15) is 11.2 Å². The van der Waals surface area contributed by atoms with E-state index in [2.05, 4.69) is 217 Å². The van der Waals surface area contributed by atoms with E-state index < -0.39 is 0 Å². The molecule has 2 heteroatoms. The Balaban J connectivity index is 1.00. The van der Waals surface area contributed by atoms with Crippen LogP contribution in [0.15, 0.2) is 229 Å². The number of fused-ring (bicyclic) bond motifs is 5. The van der Waals surface area contributed by atoms with Crippen molar-refractivity contribution in [3.8, 4) is 44.5 Å². The number of rotatable bonds is 7. The van der Waals surface area contributed by atoms with Gasteiger partial charge in [-0.15, -0.1) is 0 Å². The Kier molecular flexibility index (Phi) is 8.19. The number of anilines is 3. The van der Waals surface area contributed by atoms with Crippen LogP contribution in [0.2, 0.25) is 0 Å². The van der Waals surface area contributed by atoms with Gasteiger partial charge in [0.2, 0.25) is 0 Å². The Labute approximate surface area is 337 Å². The van der Waals surface area contributed by atoms with Gasteiger partial charge in [0, 0.05) is 27.8 Å². The van der Waals surface area contributed by atoms with Crippen LogP contribution in [0.3, 0.4) is 0 Å². The molecule has 1 aromatic heterocycles. The van der Waals surface area contributed by atoms with Crippen molar-refractivity contribution in [2.75, 3.05) is 4.90 Å². The molecule has 0 radical (unpaired) electrons. The lowest BCUT2D eigenvalue weighted by Crippen LogP contribution is -2.09. The Morgan fingerprint density at radius 2 is 0.776 bits per heavy atom. The van der Waals surface area contributed by atoms with Crippen molar-refractivity contribution in [2.45, 2.75) is 0 Å².